The third-order valence-corrected chi connectivity index (χ3v) is 4.86. The topological polar surface area (TPSA) is 54.3 Å². The number of oxime groups is 1. The van der Waals surface area contributed by atoms with E-state index in [1.54, 1.807) is 55.3 Å². The summed E-state index contributed by atoms with van der Waals surface area (Å²) in [5.74, 6) is -0.490. The molecule has 0 bridgehead atoms. The fourth-order valence-corrected chi connectivity index (χ4v) is 3.42. The lowest BCUT2D eigenvalue weighted by atomic mass is 9.98. The van der Waals surface area contributed by atoms with E-state index < -0.39 is 12.0 Å². The minimum absolute atomic E-state index is 0.197. The molecule has 0 radical (unpaired) electrons. The highest BCUT2D eigenvalue weighted by molar-refractivity contribution is 6.37. The Morgan fingerprint density at radius 1 is 1.32 bits per heavy atom. The van der Waals surface area contributed by atoms with Crippen molar-refractivity contribution in [3.05, 3.63) is 69.5 Å². The van der Waals surface area contributed by atoms with Gasteiger partial charge in [-0.3, -0.25) is 0 Å². The Labute approximate surface area is 172 Å². The summed E-state index contributed by atoms with van der Waals surface area (Å²) >= 11 is 12.3. The lowest BCUT2D eigenvalue weighted by Crippen LogP contribution is -2.26. The second kappa shape index (κ2) is 8.71. The van der Waals surface area contributed by atoms with Gasteiger partial charge in [0.1, 0.15) is 5.82 Å². The Balaban J connectivity index is 2.00. The Morgan fingerprint density at radius 3 is 2.75 bits per heavy atom. The van der Waals surface area contributed by atoms with Crippen molar-refractivity contribution in [2.75, 3.05) is 0 Å². The number of nitrogens with zero attached hydrogens (tertiary/aromatic N) is 3. The summed E-state index contributed by atoms with van der Waals surface area (Å²) in [6.07, 6.45) is 0.597. The van der Waals surface area contributed by atoms with Crippen LogP contribution < -0.4 is 0 Å². The van der Waals surface area contributed by atoms with Gasteiger partial charge in [-0.15, -0.1) is 0 Å². The molecule has 1 atom stereocenters. The lowest BCUT2D eigenvalue weighted by Gasteiger charge is -2.23. The first-order chi connectivity index (χ1) is 13.4. The second-order valence-corrected chi connectivity index (χ2v) is 7.06. The molecule has 2 aromatic rings. The first kappa shape index (κ1) is 20.3. The first-order valence-corrected chi connectivity index (χ1v) is 9.47. The molecule has 0 aromatic heterocycles. The van der Waals surface area contributed by atoms with E-state index in [1.807, 2.05) is 0 Å². The maximum absolute atomic E-state index is 14.5. The van der Waals surface area contributed by atoms with Crippen LogP contribution in [0.5, 0.6) is 0 Å². The summed E-state index contributed by atoms with van der Waals surface area (Å²) in [5.41, 5.74) is 1.82. The van der Waals surface area contributed by atoms with Crippen LogP contribution in [0.1, 0.15) is 43.9 Å². The third kappa shape index (κ3) is 4.34. The maximum Gasteiger partial charge on any atom is 0.334 e. The molecule has 0 saturated carbocycles. The van der Waals surface area contributed by atoms with Gasteiger partial charge in [0.05, 0.1) is 16.8 Å². The molecule has 1 aliphatic heterocycles. The molecular formula is C20H18Cl2FN3O2. The predicted molar refractivity (Wildman–Crippen MR) is 108 cm³/mol. The Bertz CT molecular complexity index is 962. The van der Waals surface area contributed by atoms with Gasteiger partial charge in [0.15, 0.2) is 5.84 Å². The lowest BCUT2D eigenvalue weighted by molar-refractivity contribution is -0.143. The molecular weight excluding hydrogens is 404 g/mol. The molecule has 1 unspecified atom stereocenters. The molecule has 0 aliphatic carbocycles. The number of amidine groups is 1. The number of hydrogen-bond acceptors (Lipinski definition) is 4. The van der Waals surface area contributed by atoms with Crippen molar-refractivity contribution in [2.45, 2.75) is 32.7 Å². The minimum Gasteiger partial charge on any atom is -0.316 e. The van der Waals surface area contributed by atoms with Crippen LogP contribution in [0.25, 0.3) is 0 Å². The van der Waals surface area contributed by atoms with Crippen molar-refractivity contribution in [2.24, 2.45) is 10.3 Å². The summed E-state index contributed by atoms with van der Waals surface area (Å²) in [5, 5.41) is 10.9. The van der Waals surface area contributed by atoms with Gasteiger partial charge in [0.25, 0.3) is 0 Å². The smallest absolute Gasteiger partial charge is 0.316 e. The van der Waals surface area contributed by atoms with E-state index in [-0.39, 0.29) is 12.2 Å². The van der Waals surface area contributed by atoms with Crippen molar-refractivity contribution in [3.8, 4) is 0 Å². The molecule has 146 valence electrons. The number of carbonyl (C=O) groups excluding carboxylic acids is 1. The number of halogens is 3. The molecule has 1 heterocycles. The molecule has 0 amide bonds. The zero-order chi connectivity index (χ0) is 20.3. The molecule has 3 rings (SSSR count). The highest BCUT2D eigenvalue weighted by Gasteiger charge is 2.33. The molecule has 28 heavy (non-hydrogen) atoms. The predicted octanol–water partition coefficient (Wildman–Crippen LogP) is 5.57. The van der Waals surface area contributed by atoms with Gasteiger partial charge in [-0.1, -0.05) is 59.5 Å². The maximum atomic E-state index is 14.5. The number of benzene rings is 2. The summed E-state index contributed by atoms with van der Waals surface area (Å²) in [6.45, 7) is 3.32. The molecule has 0 N–H and O–H groups in total. The van der Waals surface area contributed by atoms with Crippen LogP contribution in [0.3, 0.4) is 0 Å². The van der Waals surface area contributed by atoms with Crippen LogP contribution in [0.4, 0.5) is 4.39 Å². The zero-order valence-electron chi connectivity index (χ0n) is 15.3. The Morgan fingerprint density at radius 2 is 2.07 bits per heavy atom. The van der Waals surface area contributed by atoms with E-state index in [9.17, 15) is 9.18 Å². The van der Waals surface area contributed by atoms with Crippen LogP contribution in [0, 0.1) is 5.82 Å². The monoisotopic (exact) mass is 421 g/mol. The molecule has 0 spiro atoms. The van der Waals surface area contributed by atoms with Gasteiger partial charge >= 0.3 is 5.97 Å². The van der Waals surface area contributed by atoms with E-state index in [0.29, 0.717) is 39.1 Å². The molecule has 0 fully saturated rings. The third-order valence-electron chi connectivity index (χ3n) is 4.32. The Hall–Kier alpha value is -2.44. The molecule has 0 saturated heterocycles. The summed E-state index contributed by atoms with van der Waals surface area (Å²) in [4.78, 5) is 16.3. The van der Waals surface area contributed by atoms with Crippen LogP contribution >= 0.6 is 23.2 Å². The quantitative estimate of drug-likeness (QED) is 0.280. The SMILES string of the molecule is CCC(=O)O/N=C(/C)N1N=C(c2ccc(Cl)cc2Cl)CC1c1ccccc1F. The highest BCUT2D eigenvalue weighted by atomic mass is 35.5. The number of carbonyl (C=O) groups is 1. The van der Waals surface area contributed by atoms with E-state index in [2.05, 4.69) is 10.3 Å². The fourth-order valence-electron chi connectivity index (χ4n) is 2.91. The van der Waals surface area contributed by atoms with E-state index in [1.165, 1.54) is 6.07 Å². The van der Waals surface area contributed by atoms with Crippen LogP contribution in [-0.4, -0.2) is 22.5 Å². The molecule has 8 heteroatoms. The van der Waals surface area contributed by atoms with E-state index >= 15 is 0 Å². The van der Waals surface area contributed by atoms with Crippen molar-refractivity contribution < 1.29 is 14.0 Å². The largest absolute Gasteiger partial charge is 0.334 e. The van der Waals surface area contributed by atoms with Gasteiger partial charge in [-0.25, -0.2) is 14.2 Å². The van der Waals surface area contributed by atoms with Gasteiger partial charge in [-0.2, -0.15) is 5.10 Å². The van der Waals surface area contributed by atoms with Crippen molar-refractivity contribution in [3.63, 3.8) is 0 Å². The van der Waals surface area contributed by atoms with Gasteiger partial charge in [0.2, 0.25) is 0 Å². The fraction of sp³-hybridized carbons (Fsp3) is 0.250. The van der Waals surface area contributed by atoms with Crippen LogP contribution in [-0.2, 0) is 9.63 Å². The van der Waals surface area contributed by atoms with E-state index in [4.69, 9.17) is 28.0 Å². The Kier molecular flexibility index (Phi) is 6.31. The standard InChI is InChI=1S/C20H18Cl2FN3O2/c1-3-20(27)28-25-12(2)26-19(15-6-4-5-7-17(15)23)11-18(24-26)14-9-8-13(21)10-16(14)22/h4-10,19H,3,11H2,1-2H3/b25-12-. The van der Waals surface area contributed by atoms with E-state index in [0.717, 1.165) is 0 Å². The number of rotatable bonds is 4. The normalized spacial score (nSPS) is 16.9. The second-order valence-electron chi connectivity index (χ2n) is 6.21. The highest BCUT2D eigenvalue weighted by Crippen LogP contribution is 2.36. The number of hydrogen-bond donors (Lipinski definition) is 0. The minimum atomic E-state index is -0.467. The van der Waals surface area contributed by atoms with Crippen molar-refractivity contribution in [1.29, 1.82) is 0 Å². The van der Waals surface area contributed by atoms with Gasteiger partial charge in [0, 0.05) is 29.0 Å². The van der Waals surface area contributed by atoms with Gasteiger partial charge in [-0.05, 0) is 25.1 Å². The summed E-state index contributed by atoms with van der Waals surface area (Å²) in [6, 6.07) is 11.1. The number of hydrazone groups is 1. The van der Waals surface area contributed by atoms with Crippen molar-refractivity contribution >= 4 is 40.7 Å². The average molecular weight is 422 g/mol. The molecule has 2 aromatic carbocycles. The van der Waals surface area contributed by atoms with Crippen molar-refractivity contribution in [1.82, 2.24) is 5.01 Å². The first-order valence-electron chi connectivity index (χ1n) is 8.71. The van der Waals surface area contributed by atoms with Gasteiger partial charge < -0.3 is 4.84 Å². The van der Waals surface area contributed by atoms with Crippen LogP contribution in [0.2, 0.25) is 10.0 Å². The summed E-state index contributed by atoms with van der Waals surface area (Å²) < 4.78 is 14.5. The molecule has 5 nitrogen and oxygen atoms in total. The average Bonchev–Trinajstić information content (AvgIpc) is 3.11. The summed E-state index contributed by atoms with van der Waals surface area (Å²) in [7, 11) is 0. The zero-order valence-corrected chi connectivity index (χ0v) is 16.8. The van der Waals surface area contributed by atoms with Crippen LogP contribution in [0.15, 0.2) is 52.7 Å². The molecule has 1 aliphatic rings.